The monoisotopic (exact) mass is 232 g/mol. The fourth-order valence-corrected chi connectivity index (χ4v) is 2.82. The van der Waals surface area contributed by atoms with Gasteiger partial charge in [-0.25, -0.2) is 0 Å². The molecule has 0 aromatic heterocycles. The van der Waals surface area contributed by atoms with Gasteiger partial charge in [-0.2, -0.15) is 0 Å². The number of hydrogen-bond acceptors (Lipinski definition) is 1. The third-order valence-electron chi connectivity index (χ3n) is 4.64. The molecule has 1 saturated carbocycles. The minimum Gasteiger partial charge on any atom is -0.388 e. The van der Waals surface area contributed by atoms with E-state index in [9.17, 15) is 5.11 Å². The predicted molar refractivity (Wildman–Crippen MR) is 72.4 cm³/mol. The molecule has 1 atom stereocenters. The highest BCUT2D eigenvalue weighted by Gasteiger charge is 2.27. The molecule has 1 heteroatoms. The van der Waals surface area contributed by atoms with E-state index >= 15 is 0 Å². The van der Waals surface area contributed by atoms with Gasteiger partial charge in [0.2, 0.25) is 0 Å². The van der Waals surface area contributed by atoms with Gasteiger partial charge in [-0.15, -0.1) is 0 Å². The van der Waals surface area contributed by atoms with Crippen LogP contribution in [0.25, 0.3) is 0 Å². The lowest BCUT2D eigenvalue weighted by molar-refractivity contribution is 0.159. The third kappa shape index (κ3) is 2.26. The van der Waals surface area contributed by atoms with E-state index in [1.54, 1.807) is 0 Å². The smallest absolute Gasteiger partial charge is 0.0798 e. The van der Waals surface area contributed by atoms with Crippen molar-refractivity contribution >= 4 is 0 Å². The molecule has 1 aromatic carbocycles. The van der Waals surface area contributed by atoms with Crippen LogP contribution in [0.4, 0.5) is 0 Å². The normalized spacial score (nSPS) is 17.3. The molecule has 0 radical (unpaired) electrons. The second-order valence-corrected chi connectivity index (χ2v) is 5.73. The average Bonchev–Trinajstić information content (AvgIpc) is 3.08. The van der Waals surface area contributed by atoms with Gasteiger partial charge in [0.15, 0.2) is 0 Å². The summed E-state index contributed by atoms with van der Waals surface area (Å²) in [6.07, 6.45) is 3.29. The van der Waals surface area contributed by atoms with E-state index in [2.05, 4.69) is 34.6 Å². The van der Waals surface area contributed by atoms with Crippen molar-refractivity contribution in [2.75, 3.05) is 0 Å². The van der Waals surface area contributed by atoms with Crippen LogP contribution in [-0.2, 0) is 0 Å². The lowest BCUT2D eigenvalue weighted by atomic mass is 9.86. The maximum atomic E-state index is 10.4. The molecule has 1 fully saturated rings. The first-order valence-corrected chi connectivity index (χ1v) is 6.68. The molecular weight excluding hydrogens is 208 g/mol. The standard InChI is InChI=1S/C16H24O/c1-9-10(2)12(4)16(13(5)11(9)3)15(17)8-14-6-7-14/h14-15,17H,6-8H2,1-5H3. The zero-order valence-electron chi connectivity index (χ0n) is 11.7. The van der Waals surface area contributed by atoms with Crippen molar-refractivity contribution in [2.45, 2.75) is 60.0 Å². The van der Waals surface area contributed by atoms with Crippen LogP contribution in [0.1, 0.15) is 58.7 Å². The Balaban J connectivity index is 2.44. The van der Waals surface area contributed by atoms with Crippen molar-refractivity contribution < 1.29 is 5.11 Å². The molecule has 1 aliphatic carbocycles. The molecule has 1 N–H and O–H groups in total. The van der Waals surface area contributed by atoms with Gasteiger partial charge in [0.05, 0.1) is 6.10 Å². The third-order valence-corrected chi connectivity index (χ3v) is 4.64. The zero-order valence-corrected chi connectivity index (χ0v) is 11.7. The van der Waals surface area contributed by atoms with Crippen molar-refractivity contribution in [3.63, 3.8) is 0 Å². The molecule has 0 saturated heterocycles. The number of rotatable bonds is 3. The molecule has 1 unspecified atom stereocenters. The van der Waals surface area contributed by atoms with E-state index in [1.807, 2.05) is 0 Å². The molecule has 0 aliphatic heterocycles. The summed E-state index contributed by atoms with van der Waals surface area (Å²) >= 11 is 0. The molecule has 2 rings (SSSR count). The van der Waals surface area contributed by atoms with Crippen LogP contribution in [0, 0.1) is 40.5 Å². The summed E-state index contributed by atoms with van der Waals surface area (Å²) in [6, 6.07) is 0. The summed E-state index contributed by atoms with van der Waals surface area (Å²) in [7, 11) is 0. The molecule has 1 nitrogen and oxygen atoms in total. The van der Waals surface area contributed by atoms with Crippen molar-refractivity contribution in [3.05, 3.63) is 33.4 Å². The second-order valence-electron chi connectivity index (χ2n) is 5.73. The van der Waals surface area contributed by atoms with Crippen molar-refractivity contribution in [1.82, 2.24) is 0 Å². The first kappa shape index (κ1) is 12.6. The molecule has 1 aliphatic rings. The maximum absolute atomic E-state index is 10.4. The Morgan fingerprint density at radius 2 is 1.29 bits per heavy atom. The van der Waals surface area contributed by atoms with Crippen LogP contribution in [0.3, 0.4) is 0 Å². The summed E-state index contributed by atoms with van der Waals surface area (Å²) in [6.45, 7) is 10.8. The average molecular weight is 232 g/mol. The molecule has 0 amide bonds. The van der Waals surface area contributed by atoms with Crippen molar-refractivity contribution in [2.24, 2.45) is 5.92 Å². The van der Waals surface area contributed by atoms with Gasteiger partial charge in [0.25, 0.3) is 0 Å². The molecule has 0 heterocycles. The molecule has 0 bridgehead atoms. The Hall–Kier alpha value is -0.820. The number of aliphatic hydroxyl groups excluding tert-OH is 1. The highest BCUT2D eigenvalue weighted by atomic mass is 16.3. The van der Waals surface area contributed by atoms with Gasteiger partial charge in [-0.3, -0.25) is 0 Å². The van der Waals surface area contributed by atoms with E-state index in [0.29, 0.717) is 0 Å². The first-order chi connectivity index (χ1) is 7.93. The molecule has 1 aromatic rings. The van der Waals surface area contributed by atoms with E-state index in [1.165, 1.54) is 46.2 Å². The van der Waals surface area contributed by atoms with Crippen molar-refractivity contribution in [3.8, 4) is 0 Å². The molecule has 17 heavy (non-hydrogen) atoms. The quantitative estimate of drug-likeness (QED) is 0.833. The first-order valence-electron chi connectivity index (χ1n) is 6.68. The summed E-state index contributed by atoms with van der Waals surface area (Å²) in [4.78, 5) is 0. The zero-order chi connectivity index (χ0) is 12.7. The Labute approximate surface area is 105 Å². The summed E-state index contributed by atoms with van der Waals surface area (Å²) < 4.78 is 0. The van der Waals surface area contributed by atoms with Crippen molar-refractivity contribution in [1.29, 1.82) is 0 Å². The Morgan fingerprint density at radius 3 is 1.71 bits per heavy atom. The maximum Gasteiger partial charge on any atom is 0.0798 e. The molecular formula is C16H24O. The van der Waals surface area contributed by atoms with E-state index in [-0.39, 0.29) is 6.10 Å². The van der Waals surface area contributed by atoms with E-state index in [0.717, 1.165) is 12.3 Å². The second kappa shape index (κ2) is 4.45. The summed E-state index contributed by atoms with van der Waals surface area (Å²) in [5, 5.41) is 10.4. The van der Waals surface area contributed by atoms with Crippen LogP contribution in [0.15, 0.2) is 0 Å². The highest BCUT2D eigenvalue weighted by Crippen LogP contribution is 2.40. The lowest BCUT2D eigenvalue weighted by Crippen LogP contribution is -2.08. The largest absolute Gasteiger partial charge is 0.388 e. The minimum absolute atomic E-state index is 0.263. The fourth-order valence-electron chi connectivity index (χ4n) is 2.82. The topological polar surface area (TPSA) is 20.2 Å². The molecule has 0 spiro atoms. The highest BCUT2D eigenvalue weighted by molar-refractivity contribution is 5.50. The van der Waals surface area contributed by atoms with E-state index in [4.69, 9.17) is 0 Å². The summed E-state index contributed by atoms with van der Waals surface area (Å²) in [5.41, 5.74) is 7.84. The van der Waals surface area contributed by atoms with E-state index < -0.39 is 0 Å². The van der Waals surface area contributed by atoms with Crippen LogP contribution in [0.5, 0.6) is 0 Å². The van der Waals surface area contributed by atoms with Crippen LogP contribution in [0.2, 0.25) is 0 Å². The van der Waals surface area contributed by atoms with Gasteiger partial charge in [-0.05, 0) is 80.3 Å². The van der Waals surface area contributed by atoms with Gasteiger partial charge in [0, 0.05) is 0 Å². The van der Waals surface area contributed by atoms with Gasteiger partial charge >= 0.3 is 0 Å². The van der Waals surface area contributed by atoms with Crippen LogP contribution < -0.4 is 0 Å². The fraction of sp³-hybridized carbons (Fsp3) is 0.625. The Kier molecular flexibility index (Phi) is 3.31. The SMILES string of the molecule is Cc1c(C)c(C)c(C(O)CC2CC2)c(C)c1C. The lowest BCUT2D eigenvalue weighted by Gasteiger charge is -2.22. The van der Waals surface area contributed by atoms with Gasteiger partial charge < -0.3 is 5.11 Å². The van der Waals surface area contributed by atoms with Crippen LogP contribution in [-0.4, -0.2) is 5.11 Å². The summed E-state index contributed by atoms with van der Waals surface area (Å²) in [5.74, 6) is 0.769. The van der Waals surface area contributed by atoms with Gasteiger partial charge in [0.1, 0.15) is 0 Å². The minimum atomic E-state index is -0.263. The Bertz CT molecular complexity index is 412. The van der Waals surface area contributed by atoms with Crippen LogP contribution >= 0.6 is 0 Å². The number of benzene rings is 1. The number of aliphatic hydroxyl groups is 1. The Morgan fingerprint density at radius 1 is 0.882 bits per heavy atom. The predicted octanol–water partition coefficient (Wildman–Crippen LogP) is 4.06. The number of hydrogen-bond donors (Lipinski definition) is 1. The molecule has 94 valence electrons. The van der Waals surface area contributed by atoms with Gasteiger partial charge in [-0.1, -0.05) is 12.8 Å².